The van der Waals surface area contributed by atoms with Crippen LogP contribution in [0.3, 0.4) is 0 Å². The van der Waals surface area contributed by atoms with Crippen molar-refractivity contribution in [3.05, 3.63) is 24.2 Å². The maximum Gasteiger partial charge on any atom is 0.259 e. The lowest BCUT2D eigenvalue weighted by atomic mass is 9.97. The highest BCUT2D eigenvalue weighted by Gasteiger charge is 2.24. The first-order chi connectivity index (χ1) is 11.0. The molecule has 7 nitrogen and oxygen atoms in total. The molecule has 2 N–H and O–H groups in total. The molecular weight excluding hydrogens is 294 g/mol. The van der Waals surface area contributed by atoms with E-state index in [9.17, 15) is 4.79 Å². The van der Waals surface area contributed by atoms with Crippen molar-refractivity contribution in [3.63, 3.8) is 0 Å². The third-order valence-electron chi connectivity index (χ3n) is 4.10. The summed E-state index contributed by atoms with van der Waals surface area (Å²) in [6.45, 7) is 5.54. The zero-order valence-corrected chi connectivity index (χ0v) is 13.4. The largest absolute Gasteiger partial charge is 0.369 e. The SMILES string of the molecule is CC(C)c1noc(-c2ccc(N3CCCC(C(N)=O)C3)nc2)n1. The third kappa shape index (κ3) is 3.33. The number of piperidine rings is 1. The van der Waals surface area contributed by atoms with Gasteiger partial charge >= 0.3 is 0 Å². The van der Waals surface area contributed by atoms with Gasteiger partial charge in [0.2, 0.25) is 5.91 Å². The van der Waals surface area contributed by atoms with Crippen molar-refractivity contribution in [3.8, 4) is 11.5 Å². The summed E-state index contributed by atoms with van der Waals surface area (Å²) in [5, 5.41) is 3.96. The molecule has 0 radical (unpaired) electrons. The first-order valence-corrected chi connectivity index (χ1v) is 7.89. The molecule has 0 spiro atoms. The van der Waals surface area contributed by atoms with Gasteiger partial charge in [0.1, 0.15) is 5.82 Å². The zero-order valence-electron chi connectivity index (χ0n) is 13.4. The Balaban J connectivity index is 1.75. The molecule has 1 aliphatic heterocycles. The fourth-order valence-electron chi connectivity index (χ4n) is 2.70. The minimum atomic E-state index is -0.238. The number of primary amides is 1. The Kier molecular flexibility index (Phi) is 4.27. The molecule has 2 aromatic rings. The number of carbonyl (C=O) groups is 1. The molecule has 0 saturated carbocycles. The van der Waals surface area contributed by atoms with E-state index in [1.165, 1.54) is 0 Å². The van der Waals surface area contributed by atoms with Gasteiger partial charge in [0, 0.05) is 25.2 Å². The van der Waals surface area contributed by atoms with Crippen molar-refractivity contribution in [1.29, 1.82) is 0 Å². The Morgan fingerprint density at radius 3 is 2.87 bits per heavy atom. The molecule has 3 heterocycles. The lowest BCUT2D eigenvalue weighted by molar-refractivity contribution is -0.122. The lowest BCUT2D eigenvalue weighted by Crippen LogP contribution is -2.41. The van der Waals surface area contributed by atoms with E-state index >= 15 is 0 Å². The number of pyridine rings is 1. The summed E-state index contributed by atoms with van der Waals surface area (Å²) in [6, 6.07) is 3.83. The van der Waals surface area contributed by atoms with Gasteiger partial charge in [0.25, 0.3) is 5.89 Å². The second-order valence-electron chi connectivity index (χ2n) is 6.21. The highest BCUT2D eigenvalue weighted by Crippen LogP contribution is 2.24. The van der Waals surface area contributed by atoms with E-state index in [1.54, 1.807) is 6.20 Å². The number of carbonyl (C=O) groups excluding carboxylic acids is 1. The van der Waals surface area contributed by atoms with E-state index in [4.69, 9.17) is 10.3 Å². The van der Waals surface area contributed by atoms with Gasteiger partial charge in [-0.15, -0.1) is 0 Å². The number of amides is 1. The number of hydrogen-bond donors (Lipinski definition) is 1. The predicted octanol–water partition coefficient (Wildman–Crippen LogP) is 1.96. The first kappa shape index (κ1) is 15.5. The second kappa shape index (κ2) is 6.36. The minimum absolute atomic E-state index is 0.102. The van der Waals surface area contributed by atoms with Gasteiger partial charge in [-0.2, -0.15) is 4.98 Å². The second-order valence-corrected chi connectivity index (χ2v) is 6.21. The number of rotatable bonds is 4. The van der Waals surface area contributed by atoms with Crippen molar-refractivity contribution in [2.75, 3.05) is 18.0 Å². The molecule has 23 heavy (non-hydrogen) atoms. The van der Waals surface area contributed by atoms with Crippen LogP contribution in [0.15, 0.2) is 22.9 Å². The number of aromatic nitrogens is 3. The number of nitrogens with zero attached hydrogens (tertiary/aromatic N) is 4. The molecule has 0 aliphatic carbocycles. The van der Waals surface area contributed by atoms with Gasteiger partial charge in [-0.25, -0.2) is 4.98 Å². The van der Waals surface area contributed by atoms with Crippen LogP contribution < -0.4 is 10.6 Å². The average molecular weight is 315 g/mol. The number of anilines is 1. The topological polar surface area (TPSA) is 98.1 Å². The fourth-order valence-corrected chi connectivity index (χ4v) is 2.70. The van der Waals surface area contributed by atoms with Crippen LogP contribution in [0.5, 0.6) is 0 Å². The summed E-state index contributed by atoms with van der Waals surface area (Å²) < 4.78 is 5.27. The summed E-state index contributed by atoms with van der Waals surface area (Å²) in [5.74, 6) is 1.88. The fraction of sp³-hybridized carbons (Fsp3) is 0.500. The molecule has 1 aliphatic rings. The van der Waals surface area contributed by atoms with Crippen LogP contribution in [0.2, 0.25) is 0 Å². The molecule has 0 bridgehead atoms. The molecule has 1 atom stereocenters. The van der Waals surface area contributed by atoms with Crippen molar-refractivity contribution < 1.29 is 9.32 Å². The van der Waals surface area contributed by atoms with Gasteiger partial charge in [-0.05, 0) is 25.0 Å². The molecule has 122 valence electrons. The Labute approximate surface area is 134 Å². The highest BCUT2D eigenvalue weighted by atomic mass is 16.5. The smallest absolute Gasteiger partial charge is 0.259 e. The molecule has 3 rings (SSSR count). The van der Waals surface area contributed by atoms with Crippen molar-refractivity contribution >= 4 is 11.7 Å². The van der Waals surface area contributed by atoms with E-state index in [0.29, 0.717) is 18.3 Å². The van der Waals surface area contributed by atoms with E-state index in [1.807, 2.05) is 26.0 Å². The van der Waals surface area contributed by atoms with E-state index in [2.05, 4.69) is 20.0 Å². The predicted molar refractivity (Wildman–Crippen MR) is 85.7 cm³/mol. The van der Waals surface area contributed by atoms with E-state index < -0.39 is 0 Å². The van der Waals surface area contributed by atoms with E-state index in [-0.39, 0.29) is 17.7 Å². The Morgan fingerprint density at radius 1 is 1.43 bits per heavy atom. The molecule has 1 amide bonds. The van der Waals surface area contributed by atoms with Crippen molar-refractivity contribution in [2.45, 2.75) is 32.6 Å². The molecule has 1 fully saturated rings. The molecule has 0 aromatic carbocycles. The van der Waals surface area contributed by atoms with Gasteiger partial charge in [-0.3, -0.25) is 4.79 Å². The molecule has 1 unspecified atom stereocenters. The molecule has 1 saturated heterocycles. The van der Waals surface area contributed by atoms with Gasteiger partial charge in [-0.1, -0.05) is 19.0 Å². The van der Waals surface area contributed by atoms with Crippen LogP contribution in [-0.4, -0.2) is 34.1 Å². The van der Waals surface area contributed by atoms with E-state index in [0.717, 1.165) is 30.8 Å². The Hall–Kier alpha value is -2.44. The lowest BCUT2D eigenvalue weighted by Gasteiger charge is -2.32. The molecule has 2 aromatic heterocycles. The highest BCUT2D eigenvalue weighted by molar-refractivity contribution is 5.77. The van der Waals surface area contributed by atoms with Gasteiger partial charge in [0.05, 0.1) is 11.5 Å². The van der Waals surface area contributed by atoms with Crippen LogP contribution in [0.1, 0.15) is 38.4 Å². The maximum absolute atomic E-state index is 11.4. The van der Waals surface area contributed by atoms with Crippen LogP contribution >= 0.6 is 0 Å². The van der Waals surface area contributed by atoms with Gasteiger partial charge < -0.3 is 15.2 Å². The standard InChI is InChI=1S/C16H21N5O2/c1-10(2)15-19-16(23-20-15)11-5-6-13(18-8-11)21-7-3-4-12(9-21)14(17)22/h5-6,8,10,12H,3-4,7,9H2,1-2H3,(H2,17,22). The summed E-state index contributed by atoms with van der Waals surface area (Å²) in [4.78, 5) is 22.3. The monoisotopic (exact) mass is 315 g/mol. The molecule has 7 heteroatoms. The number of nitrogens with two attached hydrogens (primary N) is 1. The zero-order chi connectivity index (χ0) is 16.4. The maximum atomic E-state index is 11.4. The minimum Gasteiger partial charge on any atom is -0.369 e. The summed E-state index contributed by atoms with van der Waals surface area (Å²) in [7, 11) is 0. The van der Waals surface area contributed by atoms with Crippen LogP contribution in [0, 0.1) is 5.92 Å². The van der Waals surface area contributed by atoms with Crippen LogP contribution in [0.4, 0.5) is 5.82 Å². The first-order valence-electron chi connectivity index (χ1n) is 7.89. The Morgan fingerprint density at radius 2 is 2.26 bits per heavy atom. The average Bonchev–Trinajstić information content (AvgIpc) is 3.05. The normalized spacial score (nSPS) is 18.4. The van der Waals surface area contributed by atoms with Gasteiger partial charge in [0.15, 0.2) is 5.82 Å². The number of hydrogen-bond acceptors (Lipinski definition) is 6. The molecular formula is C16H21N5O2. The van der Waals surface area contributed by atoms with Crippen molar-refractivity contribution in [2.24, 2.45) is 11.7 Å². The third-order valence-corrected chi connectivity index (χ3v) is 4.10. The van der Waals surface area contributed by atoms with Crippen LogP contribution in [0.25, 0.3) is 11.5 Å². The summed E-state index contributed by atoms with van der Waals surface area (Å²) in [6.07, 6.45) is 3.52. The summed E-state index contributed by atoms with van der Waals surface area (Å²) >= 11 is 0. The van der Waals surface area contributed by atoms with Crippen molar-refractivity contribution in [1.82, 2.24) is 15.1 Å². The van der Waals surface area contributed by atoms with Crippen LogP contribution in [-0.2, 0) is 4.79 Å². The Bertz CT molecular complexity index is 680. The quantitative estimate of drug-likeness (QED) is 0.926. The summed E-state index contributed by atoms with van der Waals surface area (Å²) in [5.41, 5.74) is 6.21.